The third kappa shape index (κ3) is 5.76. The monoisotopic (exact) mass is 230 g/mol. The quantitative estimate of drug-likeness (QED) is 0.552. The number of halogens is 3. The molecule has 0 radical (unpaired) electrons. The highest BCUT2D eigenvalue weighted by atomic mass is 35.7. The topological polar surface area (TPSA) is 34.1 Å². The van der Waals surface area contributed by atoms with Crippen molar-refractivity contribution in [1.82, 2.24) is 0 Å². The zero-order valence-corrected chi connectivity index (χ0v) is 8.66. The van der Waals surface area contributed by atoms with Crippen LogP contribution in [0.15, 0.2) is 22.9 Å². The minimum atomic E-state index is -4.08. The number of rotatable bonds is 3. The van der Waals surface area contributed by atoms with Gasteiger partial charge in [0.05, 0.1) is 10.7 Å². The van der Waals surface area contributed by atoms with Crippen LogP contribution in [0, 0.1) is 0 Å². The van der Waals surface area contributed by atoms with E-state index < -0.39 is 26.0 Å². The van der Waals surface area contributed by atoms with E-state index in [1.807, 2.05) is 0 Å². The Balaban J connectivity index is 5.14. The standard InChI is InChI=1S/C7H9ClF2O2S/c1-5(9)3-7(4-6(2)10)13(8,11)12/h3-5H,1-2H3/b6-4+,7-3+. The van der Waals surface area contributed by atoms with Crippen molar-refractivity contribution in [3.63, 3.8) is 0 Å². The number of allylic oxidation sites excluding steroid dienone is 3. The zero-order valence-electron chi connectivity index (χ0n) is 7.09. The summed E-state index contributed by atoms with van der Waals surface area (Å²) < 4.78 is 46.1. The van der Waals surface area contributed by atoms with Crippen molar-refractivity contribution in [2.45, 2.75) is 20.0 Å². The fourth-order valence-electron chi connectivity index (χ4n) is 0.622. The van der Waals surface area contributed by atoms with Gasteiger partial charge in [-0.1, -0.05) is 0 Å². The van der Waals surface area contributed by atoms with Crippen molar-refractivity contribution >= 4 is 19.7 Å². The highest BCUT2D eigenvalue weighted by Crippen LogP contribution is 2.17. The van der Waals surface area contributed by atoms with E-state index in [4.69, 9.17) is 10.7 Å². The molecular formula is C7H9ClF2O2S. The molecule has 76 valence electrons. The van der Waals surface area contributed by atoms with Crippen LogP contribution in [0.2, 0.25) is 0 Å². The van der Waals surface area contributed by atoms with Crippen LogP contribution in [-0.4, -0.2) is 14.6 Å². The number of hydrogen-bond acceptors (Lipinski definition) is 2. The molecule has 0 aliphatic heterocycles. The molecule has 0 saturated heterocycles. The van der Waals surface area contributed by atoms with Gasteiger partial charge in [0.1, 0.15) is 6.17 Å². The second-order valence-electron chi connectivity index (χ2n) is 2.42. The van der Waals surface area contributed by atoms with E-state index in [0.717, 1.165) is 19.9 Å². The van der Waals surface area contributed by atoms with Crippen LogP contribution >= 0.6 is 10.7 Å². The van der Waals surface area contributed by atoms with Crippen molar-refractivity contribution in [2.75, 3.05) is 0 Å². The van der Waals surface area contributed by atoms with E-state index >= 15 is 0 Å². The summed E-state index contributed by atoms with van der Waals surface area (Å²) >= 11 is 0. The molecule has 0 bridgehead atoms. The molecule has 0 aromatic rings. The van der Waals surface area contributed by atoms with Gasteiger partial charge in [-0.05, 0) is 26.0 Å². The first-order valence-corrected chi connectivity index (χ1v) is 5.69. The van der Waals surface area contributed by atoms with Gasteiger partial charge in [-0.3, -0.25) is 0 Å². The van der Waals surface area contributed by atoms with Gasteiger partial charge in [0.15, 0.2) is 0 Å². The zero-order chi connectivity index (χ0) is 10.6. The molecule has 13 heavy (non-hydrogen) atoms. The molecule has 0 amide bonds. The SMILES string of the molecule is C/C(F)=C\C(=C/C(C)F)S(=O)(=O)Cl. The Morgan fingerprint density at radius 3 is 2.23 bits per heavy atom. The summed E-state index contributed by atoms with van der Waals surface area (Å²) in [7, 11) is 0.835. The van der Waals surface area contributed by atoms with Gasteiger partial charge in [-0.2, -0.15) is 0 Å². The summed E-state index contributed by atoms with van der Waals surface area (Å²) in [6.45, 7) is 2.16. The molecular weight excluding hydrogens is 222 g/mol. The molecule has 0 N–H and O–H groups in total. The highest BCUT2D eigenvalue weighted by Gasteiger charge is 2.13. The fraction of sp³-hybridized carbons (Fsp3) is 0.429. The van der Waals surface area contributed by atoms with Crippen molar-refractivity contribution < 1.29 is 17.2 Å². The van der Waals surface area contributed by atoms with Gasteiger partial charge in [-0.15, -0.1) is 0 Å². The van der Waals surface area contributed by atoms with E-state index in [2.05, 4.69) is 0 Å². The van der Waals surface area contributed by atoms with Crippen LogP contribution in [0.5, 0.6) is 0 Å². The first-order valence-electron chi connectivity index (χ1n) is 3.38. The van der Waals surface area contributed by atoms with Crippen molar-refractivity contribution in [3.8, 4) is 0 Å². The van der Waals surface area contributed by atoms with Crippen molar-refractivity contribution in [2.24, 2.45) is 0 Å². The predicted molar refractivity (Wildman–Crippen MR) is 48.3 cm³/mol. The Labute approximate surface area is 80.3 Å². The van der Waals surface area contributed by atoms with Crippen molar-refractivity contribution in [1.29, 1.82) is 0 Å². The highest BCUT2D eigenvalue weighted by molar-refractivity contribution is 8.17. The van der Waals surface area contributed by atoms with Gasteiger partial charge in [0.25, 0.3) is 9.05 Å². The van der Waals surface area contributed by atoms with Crippen LogP contribution in [-0.2, 0) is 9.05 Å². The molecule has 0 aliphatic carbocycles. The molecule has 0 aromatic carbocycles. The van der Waals surface area contributed by atoms with Gasteiger partial charge < -0.3 is 0 Å². The largest absolute Gasteiger partial charge is 0.261 e. The molecule has 0 spiro atoms. The lowest BCUT2D eigenvalue weighted by Crippen LogP contribution is -1.97. The molecule has 1 unspecified atom stereocenters. The lowest BCUT2D eigenvalue weighted by molar-refractivity contribution is 0.430. The summed E-state index contributed by atoms with van der Waals surface area (Å²) in [5, 5.41) is 0. The van der Waals surface area contributed by atoms with Crippen LogP contribution < -0.4 is 0 Å². The second-order valence-corrected chi connectivity index (χ2v) is 4.98. The first-order chi connectivity index (χ1) is 5.73. The molecule has 0 saturated carbocycles. The molecule has 0 aliphatic rings. The minimum Gasteiger partial charge on any atom is -0.243 e. The lowest BCUT2D eigenvalue weighted by Gasteiger charge is -1.98. The first kappa shape index (κ1) is 12.6. The average Bonchev–Trinajstić information content (AvgIpc) is 1.81. The summed E-state index contributed by atoms with van der Waals surface area (Å²) in [5.74, 6) is -0.754. The Morgan fingerprint density at radius 1 is 1.54 bits per heavy atom. The smallest absolute Gasteiger partial charge is 0.243 e. The number of hydrogen-bond donors (Lipinski definition) is 0. The van der Waals surface area contributed by atoms with E-state index in [-0.39, 0.29) is 0 Å². The van der Waals surface area contributed by atoms with E-state index in [9.17, 15) is 17.2 Å². The molecule has 1 atom stereocenters. The third-order valence-corrected chi connectivity index (χ3v) is 2.37. The van der Waals surface area contributed by atoms with E-state index in [1.165, 1.54) is 0 Å². The second kappa shape index (κ2) is 4.72. The lowest BCUT2D eigenvalue weighted by atomic mass is 10.3. The Hall–Kier alpha value is -0.420. The number of alkyl halides is 1. The predicted octanol–water partition coefficient (Wildman–Crippen LogP) is 2.67. The van der Waals surface area contributed by atoms with E-state index in [0.29, 0.717) is 6.08 Å². The van der Waals surface area contributed by atoms with Gasteiger partial charge in [-0.25, -0.2) is 17.2 Å². The van der Waals surface area contributed by atoms with Gasteiger partial charge >= 0.3 is 0 Å². The Morgan fingerprint density at radius 2 is 2.00 bits per heavy atom. The maximum Gasteiger partial charge on any atom is 0.261 e. The maximum atomic E-state index is 12.4. The summed E-state index contributed by atoms with van der Waals surface area (Å²) in [5.41, 5.74) is 0. The Bertz CT molecular complexity index is 326. The van der Waals surface area contributed by atoms with E-state index in [1.54, 1.807) is 0 Å². The average molecular weight is 231 g/mol. The molecule has 2 nitrogen and oxygen atoms in total. The Kier molecular flexibility index (Phi) is 4.56. The summed E-state index contributed by atoms with van der Waals surface area (Å²) in [4.78, 5) is -0.566. The van der Waals surface area contributed by atoms with Crippen LogP contribution in [0.3, 0.4) is 0 Å². The fourth-order valence-corrected chi connectivity index (χ4v) is 1.56. The normalized spacial score (nSPS) is 17.3. The third-order valence-electron chi connectivity index (χ3n) is 1.02. The molecule has 0 rings (SSSR count). The minimum absolute atomic E-state index is 0.566. The van der Waals surface area contributed by atoms with Crippen LogP contribution in [0.1, 0.15) is 13.8 Å². The summed E-state index contributed by atoms with van der Waals surface area (Å²) in [6.07, 6.45) is -0.108. The van der Waals surface area contributed by atoms with Crippen LogP contribution in [0.4, 0.5) is 8.78 Å². The molecule has 6 heteroatoms. The molecule has 0 fully saturated rings. The molecule has 0 aromatic heterocycles. The molecule has 0 heterocycles. The summed E-state index contributed by atoms with van der Waals surface area (Å²) in [6, 6.07) is 0. The van der Waals surface area contributed by atoms with Gasteiger partial charge in [0.2, 0.25) is 0 Å². The van der Waals surface area contributed by atoms with Gasteiger partial charge in [0, 0.05) is 10.7 Å². The van der Waals surface area contributed by atoms with Crippen molar-refractivity contribution in [3.05, 3.63) is 22.9 Å². The maximum absolute atomic E-state index is 12.4. The van der Waals surface area contributed by atoms with Crippen LogP contribution in [0.25, 0.3) is 0 Å².